The number of nitrogens with zero attached hydrogens (tertiary/aromatic N) is 2. The van der Waals surface area contributed by atoms with Crippen molar-refractivity contribution in [3.8, 4) is 5.69 Å². The average molecular weight is 244 g/mol. The fourth-order valence-electron chi connectivity index (χ4n) is 1.99. The fraction of sp³-hybridized carbons (Fsp3) is 0.286. The molecule has 94 valence electrons. The summed E-state index contributed by atoms with van der Waals surface area (Å²) >= 11 is 0. The predicted octanol–water partition coefficient (Wildman–Crippen LogP) is 2.83. The number of imidazole rings is 1. The van der Waals surface area contributed by atoms with Gasteiger partial charge in [0.05, 0.1) is 11.3 Å². The van der Waals surface area contributed by atoms with Gasteiger partial charge in [-0.15, -0.1) is 0 Å². The van der Waals surface area contributed by atoms with Crippen molar-refractivity contribution in [2.24, 2.45) is 0 Å². The highest BCUT2D eigenvalue weighted by Gasteiger charge is 2.13. The maximum absolute atomic E-state index is 11.3. The van der Waals surface area contributed by atoms with Gasteiger partial charge in [-0.1, -0.05) is 18.6 Å². The van der Waals surface area contributed by atoms with Crippen molar-refractivity contribution >= 4 is 5.97 Å². The summed E-state index contributed by atoms with van der Waals surface area (Å²) in [6.45, 7) is 3.96. The third-order valence-corrected chi connectivity index (χ3v) is 2.83. The van der Waals surface area contributed by atoms with E-state index in [9.17, 15) is 9.90 Å². The molecule has 0 bridgehead atoms. The van der Waals surface area contributed by atoms with Gasteiger partial charge < -0.3 is 9.67 Å². The fourth-order valence-corrected chi connectivity index (χ4v) is 1.99. The Kier molecular flexibility index (Phi) is 3.46. The summed E-state index contributed by atoms with van der Waals surface area (Å²) in [7, 11) is 0. The van der Waals surface area contributed by atoms with Gasteiger partial charge in [-0.05, 0) is 25.5 Å². The summed E-state index contributed by atoms with van der Waals surface area (Å²) in [6, 6.07) is 5.44. The van der Waals surface area contributed by atoms with Crippen molar-refractivity contribution in [2.45, 2.75) is 26.7 Å². The Morgan fingerprint density at radius 2 is 2.22 bits per heavy atom. The van der Waals surface area contributed by atoms with Crippen LogP contribution in [0, 0.1) is 6.92 Å². The Morgan fingerprint density at radius 1 is 1.44 bits per heavy atom. The molecular formula is C14H16N2O2. The molecule has 0 saturated heterocycles. The second kappa shape index (κ2) is 5.04. The summed E-state index contributed by atoms with van der Waals surface area (Å²) in [5, 5.41) is 9.28. The number of aromatic nitrogens is 2. The van der Waals surface area contributed by atoms with Crippen molar-refractivity contribution in [2.75, 3.05) is 0 Å². The van der Waals surface area contributed by atoms with Crippen LogP contribution < -0.4 is 0 Å². The Balaban J connectivity index is 2.56. The molecule has 0 aliphatic heterocycles. The van der Waals surface area contributed by atoms with Gasteiger partial charge in [0.25, 0.3) is 0 Å². The molecule has 0 fully saturated rings. The second-order valence-electron chi connectivity index (χ2n) is 4.29. The summed E-state index contributed by atoms with van der Waals surface area (Å²) in [5.74, 6) is -0.0197. The van der Waals surface area contributed by atoms with Gasteiger partial charge in [-0.25, -0.2) is 9.78 Å². The van der Waals surface area contributed by atoms with Crippen LogP contribution in [-0.4, -0.2) is 20.6 Å². The summed E-state index contributed by atoms with van der Waals surface area (Å²) in [6.07, 6.45) is 5.32. The first kappa shape index (κ1) is 12.4. The van der Waals surface area contributed by atoms with Crippen molar-refractivity contribution in [1.29, 1.82) is 0 Å². The lowest BCUT2D eigenvalue weighted by molar-refractivity contribution is 0.0697. The van der Waals surface area contributed by atoms with Gasteiger partial charge in [0.1, 0.15) is 5.82 Å². The van der Waals surface area contributed by atoms with Crippen LogP contribution in [0.2, 0.25) is 0 Å². The molecule has 0 aliphatic carbocycles. The number of aromatic carboxylic acids is 1. The number of hydrogen-bond donors (Lipinski definition) is 1. The zero-order valence-corrected chi connectivity index (χ0v) is 10.6. The first-order valence-corrected chi connectivity index (χ1v) is 6.00. The van der Waals surface area contributed by atoms with Gasteiger partial charge in [0.15, 0.2) is 0 Å². The van der Waals surface area contributed by atoms with Crippen molar-refractivity contribution in [3.63, 3.8) is 0 Å². The molecule has 18 heavy (non-hydrogen) atoms. The van der Waals surface area contributed by atoms with E-state index in [-0.39, 0.29) is 0 Å². The van der Waals surface area contributed by atoms with E-state index in [0.29, 0.717) is 11.3 Å². The molecule has 4 heteroatoms. The first-order valence-electron chi connectivity index (χ1n) is 6.00. The summed E-state index contributed by atoms with van der Waals surface area (Å²) in [4.78, 5) is 15.6. The molecule has 0 radical (unpaired) electrons. The predicted molar refractivity (Wildman–Crippen MR) is 69.3 cm³/mol. The minimum Gasteiger partial charge on any atom is -0.478 e. The highest BCUT2D eigenvalue weighted by Crippen LogP contribution is 2.19. The molecular weight excluding hydrogens is 228 g/mol. The lowest BCUT2D eigenvalue weighted by Crippen LogP contribution is -2.08. The minimum absolute atomic E-state index is 0.311. The van der Waals surface area contributed by atoms with E-state index in [1.165, 1.54) is 0 Å². The van der Waals surface area contributed by atoms with Crippen molar-refractivity contribution in [1.82, 2.24) is 9.55 Å². The minimum atomic E-state index is -0.912. The Labute approximate surface area is 106 Å². The molecule has 0 spiro atoms. The van der Waals surface area contributed by atoms with E-state index in [4.69, 9.17) is 0 Å². The van der Waals surface area contributed by atoms with Crippen LogP contribution in [0.25, 0.3) is 5.69 Å². The van der Waals surface area contributed by atoms with Crippen LogP contribution in [0.5, 0.6) is 0 Å². The molecule has 0 saturated carbocycles. The maximum Gasteiger partial charge on any atom is 0.337 e. The molecule has 1 aromatic carbocycles. The number of aryl methyl sites for hydroxylation is 2. The zero-order chi connectivity index (χ0) is 13.1. The number of benzene rings is 1. The number of hydrogen-bond acceptors (Lipinski definition) is 2. The Hall–Kier alpha value is -2.10. The number of carbonyl (C=O) groups is 1. The van der Waals surface area contributed by atoms with E-state index in [0.717, 1.165) is 24.2 Å². The summed E-state index contributed by atoms with van der Waals surface area (Å²) in [5.41, 5.74) is 1.92. The van der Waals surface area contributed by atoms with E-state index >= 15 is 0 Å². The third-order valence-electron chi connectivity index (χ3n) is 2.83. The standard InChI is InChI=1S/C14H16N2O2/c1-3-4-13-15-7-8-16(13)12-6-5-10(2)9-11(12)14(17)18/h5-9H,3-4H2,1-2H3,(H,17,18). The average Bonchev–Trinajstić information content (AvgIpc) is 2.77. The van der Waals surface area contributed by atoms with E-state index < -0.39 is 5.97 Å². The van der Waals surface area contributed by atoms with Gasteiger partial charge in [-0.3, -0.25) is 0 Å². The molecule has 0 amide bonds. The van der Waals surface area contributed by atoms with Crippen LogP contribution in [0.15, 0.2) is 30.6 Å². The summed E-state index contributed by atoms with van der Waals surface area (Å²) < 4.78 is 1.85. The molecule has 0 aliphatic rings. The molecule has 2 rings (SSSR count). The van der Waals surface area contributed by atoms with Crippen LogP contribution >= 0.6 is 0 Å². The normalized spacial score (nSPS) is 10.6. The highest BCUT2D eigenvalue weighted by molar-refractivity contribution is 5.92. The molecule has 0 atom stereocenters. The number of rotatable bonds is 4. The monoisotopic (exact) mass is 244 g/mol. The lowest BCUT2D eigenvalue weighted by Gasteiger charge is -2.11. The largest absolute Gasteiger partial charge is 0.478 e. The quantitative estimate of drug-likeness (QED) is 0.899. The van der Waals surface area contributed by atoms with Crippen LogP contribution in [0.4, 0.5) is 0 Å². The lowest BCUT2D eigenvalue weighted by atomic mass is 10.1. The molecule has 2 aromatic rings. The number of carboxylic acids is 1. The van der Waals surface area contributed by atoms with Crippen LogP contribution in [0.1, 0.15) is 35.1 Å². The molecule has 1 N–H and O–H groups in total. The topological polar surface area (TPSA) is 55.1 Å². The van der Waals surface area contributed by atoms with E-state index in [1.54, 1.807) is 12.3 Å². The maximum atomic E-state index is 11.3. The Bertz CT molecular complexity index is 573. The molecule has 0 unspecified atom stereocenters. The van der Waals surface area contributed by atoms with Gasteiger partial charge in [-0.2, -0.15) is 0 Å². The SMILES string of the molecule is CCCc1nccn1-c1ccc(C)cc1C(=O)O. The smallest absolute Gasteiger partial charge is 0.337 e. The molecule has 1 heterocycles. The van der Waals surface area contributed by atoms with Crippen LogP contribution in [-0.2, 0) is 6.42 Å². The van der Waals surface area contributed by atoms with E-state index in [1.807, 2.05) is 29.8 Å². The highest BCUT2D eigenvalue weighted by atomic mass is 16.4. The first-order chi connectivity index (χ1) is 8.63. The van der Waals surface area contributed by atoms with Gasteiger partial charge in [0, 0.05) is 18.8 Å². The van der Waals surface area contributed by atoms with Crippen molar-refractivity contribution in [3.05, 3.63) is 47.5 Å². The van der Waals surface area contributed by atoms with Gasteiger partial charge in [0.2, 0.25) is 0 Å². The second-order valence-corrected chi connectivity index (χ2v) is 4.29. The third kappa shape index (κ3) is 2.27. The zero-order valence-electron chi connectivity index (χ0n) is 10.6. The van der Waals surface area contributed by atoms with E-state index in [2.05, 4.69) is 11.9 Å². The van der Waals surface area contributed by atoms with Gasteiger partial charge >= 0.3 is 5.97 Å². The van der Waals surface area contributed by atoms with Crippen molar-refractivity contribution < 1.29 is 9.90 Å². The number of carboxylic acid groups (broad SMARTS) is 1. The molecule has 4 nitrogen and oxygen atoms in total. The Morgan fingerprint density at radius 3 is 2.89 bits per heavy atom. The molecule has 1 aromatic heterocycles. The van der Waals surface area contributed by atoms with Crippen LogP contribution in [0.3, 0.4) is 0 Å².